The fraction of sp³-hybridized carbons (Fsp3) is 0.875. The van der Waals surface area contributed by atoms with Gasteiger partial charge in [-0.05, 0) is 39.0 Å². The molecular weight excluding hydrogens is 622 g/mol. The standard InChI is InChI=1S/C23H43O5P.C5H11O4P.C4H8O2/c1-3-4-5-6-7-8-9-10-11-12-13-14-15-16-17-18-23(24)27-19-22-20-28-29(25,21-22)26-2;1-8-10(7)4-5(2-6)3-9-10;1-3-6-4(2)5/h10-11,22H,3-9,12-21H2,1-2H3;5-6H,2-4H2,1H3;3H2,1-2H3/b11-10-;;. The van der Waals surface area contributed by atoms with Gasteiger partial charge in [0.25, 0.3) is 0 Å². The molecule has 0 aromatic rings. The van der Waals surface area contributed by atoms with Crippen LogP contribution in [0.4, 0.5) is 0 Å². The van der Waals surface area contributed by atoms with Gasteiger partial charge in [-0.25, -0.2) is 0 Å². The predicted molar refractivity (Wildman–Crippen MR) is 178 cm³/mol. The molecule has 0 spiro atoms. The molecule has 2 heterocycles. The van der Waals surface area contributed by atoms with Crippen molar-refractivity contribution in [3.63, 3.8) is 0 Å². The van der Waals surface area contributed by atoms with Gasteiger partial charge in [0.05, 0.1) is 38.8 Å². The molecule has 1 N–H and O–H groups in total. The van der Waals surface area contributed by atoms with E-state index in [1.807, 2.05) is 0 Å². The van der Waals surface area contributed by atoms with Crippen LogP contribution in [0, 0.1) is 11.8 Å². The molecule has 0 aromatic heterocycles. The predicted octanol–water partition coefficient (Wildman–Crippen LogP) is 8.09. The summed E-state index contributed by atoms with van der Waals surface area (Å²) >= 11 is 0. The van der Waals surface area contributed by atoms with E-state index in [1.54, 1.807) is 6.92 Å². The van der Waals surface area contributed by atoms with Gasteiger partial charge in [0.15, 0.2) is 0 Å². The van der Waals surface area contributed by atoms with Gasteiger partial charge in [0, 0.05) is 46.0 Å². The molecule has 2 saturated heterocycles. The highest BCUT2D eigenvalue weighted by molar-refractivity contribution is 7.54. The van der Waals surface area contributed by atoms with Crippen molar-refractivity contribution >= 4 is 27.1 Å². The molecule has 2 aliphatic rings. The maximum atomic E-state index is 11.9. The summed E-state index contributed by atoms with van der Waals surface area (Å²) in [5, 5.41) is 8.64. The number of esters is 2. The second kappa shape index (κ2) is 28.0. The molecular formula is C32H62O11P2. The summed E-state index contributed by atoms with van der Waals surface area (Å²) in [6.07, 6.45) is 22.0. The molecule has 0 saturated carbocycles. The fourth-order valence-electron chi connectivity index (χ4n) is 4.57. The number of rotatable bonds is 21. The highest BCUT2D eigenvalue weighted by atomic mass is 31.2. The minimum Gasteiger partial charge on any atom is -0.466 e. The smallest absolute Gasteiger partial charge is 0.330 e. The third-order valence-corrected chi connectivity index (χ3v) is 11.4. The normalized spacial score (nSPS) is 24.0. The largest absolute Gasteiger partial charge is 0.466 e. The number of ether oxygens (including phenoxy) is 2. The van der Waals surface area contributed by atoms with Crippen molar-refractivity contribution < 1.29 is 51.4 Å². The highest BCUT2D eigenvalue weighted by Gasteiger charge is 2.36. The molecule has 0 aromatic carbocycles. The maximum absolute atomic E-state index is 11.9. The van der Waals surface area contributed by atoms with Crippen molar-refractivity contribution in [2.45, 2.75) is 111 Å². The summed E-state index contributed by atoms with van der Waals surface area (Å²) in [7, 11) is -2.95. The monoisotopic (exact) mass is 684 g/mol. The van der Waals surface area contributed by atoms with E-state index in [9.17, 15) is 18.7 Å². The first-order valence-electron chi connectivity index (χ1n) is 16.7. The molecule has 2 fully saturated rings. The minimum atomic E-state index is -2.92. The lowest BCUT2D eigenvalue weighted by molar-refractivity contribution is -0.145. The van der Waals surface area contributed by atoms with Gasteiger partial charge in [-0.15, -0.1) is 0 Å². The van der Waals surface area contributed by atoms with Gasteiger partial charge in [-0.3, -0.25) is 18.7 Å². The number of unbranched alkanes of at least 4 members (excludes halogenated alkanes) is 11. The van der Waals surface area contributed by atoms with E-state index in [0.717, 1.165) is 12.8 Å². The van der Waals surface area contributed by atoms with Crippen LogP contribution in [0.2, 0.25) is 0 Å². The van der Waals surface area contributed by atoms with E-state index in [2.05, 4.69) is 28.3 Å². The lowest BCUT2D eigenvalue weighted by Crippen LogP contribution is -2.16. The van der Waals surface area contributed by atoms with Crippen molar-refractivity contribution in [3.05, 3.63) is 12.2 Å². The Morgan fingerprint density at radius 3 is 1.67 bits per heavy atom. The zero-order chi connectivity index (χ0) is 33.8. The third kappa shape index (κ3) is 24.7. The quantitative estimate of drug-likeness (QED) is 0.0542. The number of hydrogen-bond donors (Lipinski definition) is 1. The van der Waals surface area contributed by atoms with Gasteiger partial charge >= 0.3 is 27.1 Å². The average molecular weight is 685 g/mol. The van der Waals surface area contributed by atoms with Crippen molar-refractivity contribution in [2.24, 2.45) is 11.8 Å². The number of aliphatic hydroxyl groups excluding tert-OH is 1. The summed E-state index contributed by atoms with van der Waals surface area (Å²) in [6, 6.07) is 0. The maximum Gasteiger partial charge on any atom is 0.330 e. The summed E-state index contributed by atoms with van der Waals surface area (Å²) in [5.41, 5.74) is 0. The Morgan fingerprint density at radius 1 is 0.756 bits per heavy atom. The van der Waals surface area contributed by atoms with Crippen LogP contribution in [0.5, 0.6) is 0 Å². The summed E-state index contributed by atoms with van der Waals surface area (Å²) in [4.78, 5) is 21.6. The topological polar surface area (TPSA) is 144 Å². The lowest BCUT2D eigenvalue weighted by Gasteiger charge is -2.09. The molecule has 13 heteroatoms. The summed E-state index contributed by atoms with van der Waals surface area (Å²) < 4.78 is 52.3. The first-order valence-corrected chi connectivity index (χ1v) is 20.2. The van der Waals surface area contributed by atoms with Crippen molar-refractivity contribution in [1.29, 1.82) is 0 Å². The molecule has 0 bridgehead atoms. The Morgan fingerprint density at radius 2 is 1.24 bits per heavy atom. The van der Waals surface area contributed by atoms with Crippen LogP contribution in [0.3, 0.4) is 0 Å². The van der Waals surface area contributed by atoms with Crippen LogP contribution >= 0.6 is 15.2 Å². The second-order valence-electron chi connectivity index (χ2n) is 11.4. The Kier molecular flexibility index (Phi) is 27.3. The van der Waals surface area contributed by atoms with E-state index in [4.69, 9.17) is 23.4 Å². The van der Waals surface area contributed by atoms with Crippen molar-refractivity contribution in [3.8, 4) is 0 Å². The molecule has 4 unspecified atom stereocenters. The first kappa shape index (κ1) is 43.9. The molecule has 4 atom stereocenters. The lowest BCUT2D eigenvalue weighted by atomic mass is 10.1. The van der Waals surface area contributed by atoms with Crippen LogP contribution in [0.25, 0.3) is 0 Å². The van der Waals surface area contributed by atoms with Gasteiger partial charge in [-0.1, -0.05) is 70.4 Å². The molecule has 2 rings (SSSR count). The van der Waals surface area contributed by atoms with E-state index < -0.39 is 15.2 Å². The van der Waals surface area contributed by atoms with Crippen molar-refractivity contribution in [1.82, 2.24) is 0 Å². The highest BCUT2D eigenvalue weighted by Crippen LogP contribution is 2.54. The Balaban J connectivity index is 0.000000980. The summed E-state index contributed by atoms with van der Waals surface area (Å²) in [6.45, 7) is 6.90. The third-order valence-electron chi connectivity index (χ3n) is 7.26. The van der Waals surface area contributed by atoms with Crippen LogP contribution in [-0.4, -0.2) is 76.6 Å². The number of carbonyl (C=O) groups is 2. The second-order valence-corrected chi connectivity index (χ2v) is 15.8. The van der Waals surface area contributed by atoms with Gasteiger partial charge in [-0.2, -0.15) is 0 Å². The number of hydrogen-bond acceptors (Lipinski definition) is 11. The van der Waals surface area contributed by atoms with E-state index in [0.29, 0.717) is 38.6 Å². The van der Waals surface area contributed by atoms with Gasteiger partial charge in [0.2, 0.25) is 0 Å². The van der Waals surface area contributed by atoms with E-state index >= 15 is 0 Å². The van der Waals surface area contributed by atoms with E-state index in [-0.39, 0.29) is 37.0 Å². The molecule has 2 aliphatic heterocycles. The summed E-state index contributed by atoms with van der Waals surface area (Å²) in [5.74, 6) is -0.399. The van der Waals surface area contributed by atoms with Crippen LogP contribution in [-0.2, 0) is 46.3 Å². The Labute approximate surface area is 272 Å². The molecule has 0 amide bonds. The molecule has 0 radical (unpaired) electrons. The van der Waals surface area contributed by atoms with Crippen LogP contribution < -0.4 is 0 Å². The Hall–Kier alpha value is -1.06. The molecule has 0 aliphatic carbocycles. The fourth-order valence-corrected chi connectivity index (χ4v) is 7.87. The molecule has 11 nitrogen and oxygen atoms in total. The SMILES string of the molecule is CCCCCCCC/C=C\CCCCCCCC(=O)OCC1COP(=O)(OC)C1.CCOC(C)=O.COP1(=O)CC(CO)CO1. The zero-order valence-corrected chi connectivity index (χ0v) is 30.4. The Bertz CT molecular complexity index is 881. The van der Waals surface area contributed by atoms with Crippen LogP contribution in [0.15, 0.2) is 12.2 Å². The molecule has 45 heavy (non-hydrogen) atoms. The number of allylic oxidation sites excluding steroid dienone is 2. The van der Waals surface area contributed by atoms with Gasteiger partial charge < -0.3 is 32.7 Å². The molecule has 266 valence electrons. The minimum absolute atomic E-state index is 0.00853. The number of carbonyl (C=O) groups excluding carboxylic acids is 2. The first-order chi connectivity index (χ1) is 21.6. The number of aliphatic hydroxyl groups is 1. The zero-order valence-electron chi connectivity index (χ0n) is 28.6. The van der Waals surface area contributed by atoms with Gasteiger partial charge in [0.1, 0.15) is 0 Å². The average Bonchev–Trinajstić information content (AvgIpc) is 3.61. The van der Waals surface area contributed by atoms with Crippen molar-refractivity contribution in [2.75, 3.05) is 59.6 Å². The van der Waals surface area contributed by atoms with Crippen LogP contribution in [0.1, 0.15) is 111 Å². The van der Waals surface area contributed by atoms with E-state index in [1.165, 1.54) is 91.8 Å².